The third-order valence-corrected chi connectivity index (χ3v) is 6.01. The molecule has 1 aromatic heterocycles. The average molecular weight is 391 g/mol. The van der Waals surface area contributed by atoms with E-state index in [1.807, 2.05) is 0 Å². The van der Waals surface area contributed by atoms with Gasteiger partial charge in [-0.3, -0.25) is 4.79 Å². The Bertz CT molecular complexity index is 970. The number of aromatic nitrogens is 1. The largest absolute Gasteiger partial charge is 0.361 e. The topological polar surface area (TPSA) is 44.9 Å². The molecule has 3 aromatic rings. The zero-order chi connectivity index (χ0) is 20.8. The fraction of sp³-hybridized carbons (Fsp3) is 0.423. The van der Waals surface area contributed by atoms with Gasteiger partial charge >= 0.3 is 0 Å². The number of carbonyl (C=O) groups excluding carboxylic acids is 1. The predicted molar refractivity (Wildman–Crippen MR) is 122 cm³/mol. The highest BCUT2D eigenvalue weighted by Crippen LogP contribution is 2.29. The molecular formula is C26H34N2O. The number of amides is 1. The molecule has 1 heterocycles. The van der Waals surface area contributed by atoms with E-state index in [0.29, 0.717) is 0 Å². The monoisotopic (exact) mass is 390 g/mol. The van der Waals surface area contributed by atoms with Gasteiger partial charge in [0, 0.05) is 17.1 Å². The van der Waals surface area contributed by atoms with E-state index in [2.05, 4.69) is 74.5 Å². The van der Waals surface area contributed by atoms with Crippen LogP contribution in [0.25, 0.3) is 10.9 Å². The van der Waals surface area contributed by atoms with E-state index in [9.17, 15) is 4.79 Å². The Morgan fingerprint density at radius 2 is 1.76 bits per heavy atom. The zero-order valence-electron chi connectivity index (χ0n) is 18.3. The van der Waals surface area contributed by atoms with Crippen molar-refractivity contribution in [2.24, 2.45) is 0 Å². The molecular weight excluding hydrogens is 356 g/mol. The molecule has 3 rings (SSSR count). The van der Waals surface area contributed by atoms with Crippen LogP contribution in [-0.4, -0.2) is 11.4 Å². The molecule has 3 nitrogen and oxygen atoms in total. The van der Waals surface area contributed by atoms with Crippen LogP contribution in [0.3, 0.4) is 0 Å². The number of benzene rings is 2. The minimum absolute atomic E-state index is 0.0411. The summed E-state index contributed by atoms with van der Waals surface area (Å²) in [4.78, 5) is 14.8. The van der Waals surface area contributed by atoms with E-state index in [0.717, 1.165) is 44.9 Å². The summed E-state index contributed by atoms with van der Waals surface area (Å²) < 4.78 is 0. The summed E-state index contributed by atoms with van der Waals surface area (Å²) in [6, 6.07) is 11.3. The summed E-state index contributed by atoms with van der Waals surface area (Å²) in [6.07, 6.45) is 9.07. The molecule has 2 aromatic carbocycles. The van der Waals surface area contributed by atoms with Crippen molar-refractivity contribution in [3.63, 3.8) is 0 Å². The molecule has 3 heteroatoms. The molecule has 1 atom stereocenters. The Morgan fingerprint density at radius 3 is 2.45 bits per heavy atom. The van der Waals surface area contributed by atoms with E-state index in [4.69, 9.17) is 0 Å². The van der Waals surface area contributed by atoms with E-state index in [-0.39, 0.29) is 6.04 Å². The van der Waals surface area contributed by atoms with Crippen LogP contribution in [0.4, 0.5) is 0 Å². The van der Waals surface area contributed by atoms with Gasteiger partial charge in [-0.2, -0.15) is 0 Å². The maximum absolute atomic E-state index is 11.4. The average Bonchev–Trinajstić information content (AvgIpc) is 3.13. The molecule has 1 amide bonds. The molecule has 0 spiro atoms. The summed E-state index contributed by atoms with van der Waals surface area (Å²) in [6.45, 7) is 8.78. The van der Waals surface area contributed by atoms with Crippen LogP contribution < -0.4 is 5.32 Å². The van der Waals surface area contributed by atoms with Gasteiger partial charge in [0.05, 0.1) is 6.04 Å². The van der Waals surface area contributed by atoms with Gasteiger partial charge in [-0.25, -0.2) is 0 Å². The lowest BCUT2D eigenvalue weighted by Gasteiger charge is -2.22. The van der Waals surface area contributed by atoms with Crippen molar-refractivity contribution in [1.82, 2.24) is 10.3 Å². The molecule has 29 heavy (non-hydrogen) atoms. The lowest BCUT2D eigenvalue weighted by atomic mass is 9.88. The van der Waals surface area contributed by atoms with Crippen LogP contribution in [0.15, 0.2) is 36.5 Å². The van der Waals surface area contributed by atoms with Crippen molar-refractivity contribution in [3.05, 3.63) is 69.9 Å². The first-order valence-electron chi connectivity index (χ1n) is 11.0. The van der Waals surface area contributed by atoms with Crippen LogP contribution in [-0.2, 0) is 30.5 Å². The Labute approximate surface area is 174 Å². The SMILES string of the molecule is CCCc1cc(C(CCc2c[nH]c3cc(C)ccc23)NC=O)c(CC)cc1CC. The molecule has 154 valence electrons. The molecule has 0 aliphatic carbocycles. The van der Waals surface area contributed by atoms with Crippen LogP contribution in [0, 0.1) is 6.92 Å². The van der Waals surface area contributed by atoms with Gasteiger partial charge in [-0.05, 0) is 78.5 Å². The highest BCUT2D eigenvalue weighted by atomic mass is 16.1. The van der Waals surface area contributed by atoms with Crippen molar-refractivity contribution < 1.29 is 4.79 Å². The van der Waals surface area contributed by atoms with Gasteiger partial charge in [0.15, 0.2) is 0 Å². The smallest absolute Gasteiger partial charge is 0.207 e. The normalized spacial score (nSPS) is 12.3. The Hall–Kier alpha value is -2.55. The number of hydrogen-bond acceptors (Lipinski definition) is 1. The number of H-pyrrole nitrogens is 1. The maximum Gasteiger partial charge on any atom is 0.207 e. The van der Waals surface area contributed by atoms with E-state index in [1.54, 1.807) is 0 Å². The highest BCUT2D eigenvalue weighted by molar-refractivity contribution is 5.83. The number of nitrogens with one attached hydrogen (secondary N) is 2. The van der Waals surface area contributed by atoms with Crippen LogP contribution in [0.1, 0.15) is 73.0 Å². The highest BCUT2D eigenvalue weighted by Gasteiger charge is 2.18. The fourth-order valence-corrected chi connectivity index (χ4v) is 4.44. The summed E-state index contributed by atoms with van der Waals surface area (Å²) in [5.41, 5.74) is 9.29. The van der Waals surface area contributed by atoms with Crippen molar-refractivity contribution >= 4 is 17.3 Å². The molecule has 0 fully saturated rings. The molecule has 0 aliphatic rings. The summed E-state index contributed by atoms with van der Waals surface area (Å²) >= 11 is 0. The van der Waals surface area contributed by atoms with E-state index < -0.39 is 0 Å². The van der Waals surface area contributed by atoms with Gasteiger partial charge in [-0.15, -0.1) is 0 Å². The van der Waals surface area contributed by atoms with E-state index >= 15 is 0 Å². The van der Waals surface area contributed by atoms with Gasteiger partial charge < -0.3 is 10.3 Å². The lowest BCUT2D eigenvalue weighted by molar-refractivity contribution is -0.110. The molecule has 1 unspecified atom stereocenters. The van der Waals surface area contributed by atoms with Crippen LogP contribution in [0.5, 0.6) is 0 Å². The minimum atomic E-state index is 0.0411. The minimum Gasteiger partial charge on any atom is -0.361 e. The number of carbonyl (C=O) groups is 1. The van der Waals surface area contributed by atoms with Crippen molar-refractivity contribution in [3.8, 4) is 0 Å². The second-order valence-electron chi connectivity index (χ2n) is 8.02. The number of aryl methyl sites for hydroxylation is 5. The Balaban J connectivity index is 1.90. The summed E-state index contributed by atoms with van der Waals surface area (Å²) in [7, 11) is 0. The second-order valence-corrected chi connectivity index (χ2v) is 8.02. The number of hydrogen-bond donors (Lipinski definition) is 2. The summed E-state index contributed by atoms with van der Waals surface area (Å²) in [5, 5.41) is 4.39. The van der Waals surface area contributed by atoms with E-state index in [1.165, 1.54) is 44.3 Å². The zero-order valence-corrected chi connectivity index (χ0v) is 18.3. The van der Waals surface area contributed by atoms with Crippen molar-refractivity contribution in [1.29, 1.82) is 0 Å². The summed E-state index contributed by atoms with van der Waals surface area (Å²) in [5.74, 6) is 0. The predicted octanol–water partition coefficient (Wildman–Crippen LogP) is 5.97. The maximum atomic E-state index is 11.4. The fourth-order valence-electron chi connectivity index (χ4n) is 4.44. The molecule has 0 aliphatic heterocycles. The standard InChI is InChI=1S/C26H34N2O/c1-5-8-21-15-24(20(7-3)14-19(21)6-2)25(28-17-29)12-10-22-16-27-26-13-18(4)9-11-23(22)26/h9,11,13-17,25,27H,5-8,10,12H2,1-4H3,(H,28,29). The molecule has 0 radical (unpaired) electrons. The first-order valence-corrected chi connectivity index (χ1v) is 11.0. The van der Waals surface area contributed by atoms with Gasteiger partial charge in [0.2, 0.25) is 6.41 Å². The Morgan fingerprint density at radius 1 is 0.966 bits per heavy atom. The molecule has 2 N–H and O–H groups in total. The van der Waals surface area contributed by atoms with Crippen molar-refractivity contribution in [2.75, 3.05) is 0 Å². The van der Waals surface area contributed by atoms with Crippen LogP contribution >= 0.6 is 0 Å². The molecule has 0 saturated carbocycles. The molecule has 0 bridgehead atoms. The number of fused-ring (bicyclic) bond motifs is 1. The second kappa shape index (κ2) is 9.78. The number of rotatable bonds is 10. The number of aromatic amines is 1. The van der Waals surface area contributed by atoms with Gasteiger partial charge in [-0.1, -0.05) is 51.5 Å². The first kappa shape index (κ1) is 21.2. The third kappa shape index (κ3) is 4.72. The van der Waals surface area contributed by atoms with Gasteiger partial charge in [0.25, 0.3) is 0 Å². The van der Waals surface area contributed by atoms with Crippen LogP contribution in [0.2, 0.25) is 0 Å². The first-order chi connectivity index (χ1) is 14.1. The molecule has 0 saturated heterocycles. The third-order valence-electron chi connectivity index (χ3n) is 6.01. The quantitative estimate of drug-likeness (QED) is 0.411. The van der Waals surface area contributed by atoms with Crippen molar-refractivity contribution in [2.45, 2.75) is 72.3 Å². The lowest BCUT2D eigenvalue weighted by Crippen LogP contribution is -2.22. The Kier molecular flexibility index (Phi) is 7.13. The van der Waals surface area contributed by atoms with Gasteiger partial charge in [0.1, 0.15) is 0 Å².